The molecule has 6 heteroatoms. The number of benzene rings is 1. The van der Waals surface area contributed by atoms with E-state index >= 15 is 0 Å². The quantitative estimate of drug-likeness (QED) is 0.645. The van der Waals surface area contributed by atoms with Gasteiger partial charge in [0.15, 0.2) is 17.2 Å². The van der Waals surface area contributed by atoms with Crippen LogP contribution in [0.2, 0.25) is 0 Å². The lowest BCUT2D eigenvalue weighted by molar-refractivity contribution is 0.373. The lowest BCUT2D eigenvalue weighted by atomic mass is 10.2. The molecule has 2 rings (SSSR count). The standard InChI is InChI=1S/C13H14N4O2/c1-8-3-4-9(10(7-8)18-2)19-13-11(12(14)15)16-5-6-17-13/h3-7H,1-2H3,(H3,14,15). The minimum absolute atomic E-state index is 0.178. The van der Waals surface area contributed by atoms with Crippen molar-refractivity contribution in [1.82, 2.24) is 9.97 Å². The summed E-state index contributed by atoms with van der Waals surface area (Å²) in [5.74, 6) is 1.06. The van der Waals surface area contributed by atoms with E-state index in [1.807, 2.05) is 19.1 Å². The zero-order chi connectivity index (χ0) is 13.8. The Hall–Kier alpha value is -2.63. The highest BCUT2D eigenvalue weighted by Gasteiger charge is 2.13. The van der Waals surface area contributed by atoms with E-state index in [2.05, 4.69) is 9.97 Å². The molecule has 0 radical (unpaired) electrons. The van der Waals surface area contributed by atoms with Crippen molar-refractivity contribution in [2.45, 2.75) is 6.92 Å². The summed E-state index contributed by atoms with van der Waals surface area (Å²) in [5, 5.41) is 7.44. The summed E-state index contributed by atoms with van der Waals surface area (Å²) in [5.41, 5.74) is 6.68. The summed E-state index contributed by atoms with van der Waals surface area (Å²) >= 11 is 0. The lowest BCUT2D eigenvalue weighted by Crippen LogP contribution is -2.15. The van der Waals surface area contributed by atoms with E-state index in [1.54, 1.807) is 13.2 Å². The maximum atomic E-state index is 7.44. The third-order valence-electron chi connectivity index (χ3n) is 2.45. The Labute approximate surface area is 110 Å². The number of hydrogen-bond acceptors (Lipinski definition) is 5. The molecule has 98 valence electrons. The van der Waals surface area contributed by atoms with Crippen LogP contribution in [0.4, 0.5) is 0 Å². The van der Waals surface area contributed by atoms with Gasteiger partial charge in [0.05, 0.1) is 7.11 Å². The predicted molar refractivity (Wildman–Crippen MR) is 70.9 cm³/mol. The zero-order valence-corrected chi connectivity index (χ0v) is 10.7. The second-order valence-electron chi connectivity index (χ2n) is 3.88. The highest BCUT2D eigenvalue weighted by Crippen LogP contribution is 2.32. The van der Waals surface area contributed by atoms with Crippen molar-refractivity contribution < 1.29 is 9.47 Å². The average Bonchev–Trinajstić information content (AvgIpc) is 2.41. The summed E-state index contributed by atoms with van der Waals surface area (Å²) in [6.07, 6.45) is 2.93. The fourth-order valence-electron chi connectivity index (χ4n) is 1.55. The molecule has 0 aliphatic carbocycles. The van der Waals surface area contributed by atoms with E-state index < -0.39 is 0 Å². The minimum atomic E-state index is -0.200. The van der Waals surface area contributed by atoms with Gasteiger partial charge in [-0.25, -0.2) is 9.97 Å². The van der Waals surface area contributed by atoms with Crippen LogP contribution in [-0.4, -0.2) is 22.9 Å². The Bertz CT molecular complexity index is 613. The van der Waals surface area contributed by atoms with Crippen LogP contribution in [0.3, 0.4) is 0 Å². The Morgan fingerprint density at radius 3 is 2.63 bits per heavy atom. The van der Waals surface area contributed by atoms with Crippen LogP contribution in [-0.2, 0) is 0 Å². The van der Waals surface area contributed by atoms with Crippen LogP contribution >= 0.6 is 0 Å². The largest absolute Gasteiger partial charge is 0.493 e. The van der Waals surface area contributed by atoms with Gasteiger partial charge in [0.1, 0.15) is 5.84 Å². The fraction of sp³-hybridized carbons (Fsp3) is 0.154. The van der Waals surface area contributed by atoms with Gasteiger partial charge in [-0.3, -0.25) is 5.41 Å². The normalized spacial score (nSPS) is 10.0. The molecule has 0 amide bonds. The first-order chi connectivity index (χ1) is 9.11. The van der Waals surface area contributed by atoms with Gasteiger partial charge in [-0.15, -0.1) is 0 Å². The Kier molecular flexibility index (Phi) is 3.61. The molecule has 1 heterocycles. The van der Waals surface area contributed by atoms with Crippen LogP contribution in [0.5, 0.6) is 17.4 Å². The summed E-state index contributed by atoms with van der Waals surface area (Å²) in [4.78, 5) is 8.00. The number of aromatic nitrogens is 2. The van der Waals surface area contributed by atoms with Gasteiger partial charge in [-0.2, -0.15) is 0 Å². The monoisotopic (exact) mass is 258 g/mol. The fourth-order valence-corrected chi connectivity index (χ4v) is 1.55. The summed E-state index contributed by atoms with van der Waals surface area (Å²) in [7, 11) is 1.56. The van der Waals surface area contributed by atoms with Crippen LogP contribution in [0.15, 0.2) is 30.6 Å². The molecule has 3 N–H and O–H groups in total. The van der Waals surface area contributed by atoms with Crippen molar-refractivity contribution in [2.24, 2.45) is 5.73 Å². The van der Waals surface area contributed by atoms with Crippen molar-refractivity contribution >= 4 is 5.84 Å². The first-order valence-corrected chi connectivity index (χ1v) is 5.59. The van der Waals surface area contributed by atoms with Crippen molar-refractivity contribution in [3.8, 4) is 17.4 Å². The van der Waals surface area contributed by atoms with Gasteiger partial charge >= 0.3 is 0 Å². The molecular formula is C13H14N4O2. The maximum absolute atomic E-state index is 7.44. The van der Waals surface area contributed by atoms with E-state index in [9.17, 15) is 0 Å². The van der Waals surface area contributed by atoms with E-state index in [1.165, 1.54) is 12.4 Å². The van der Waals surface area contributed by atoms with Gasteiger partial charge in [0.2, 0.25) is 5.88 Å². The van der Waals surface area contributed by atoms with Crippen LogP contribution in [0.25, 0.3) is 0 Å². The zero-order valence-electron chi connectivity index (χ0n) is 10.7. The molecular weight excluding hydrogens is 244 g/mol. The molecule has 1 aromatic heterocycles. The molecule has 0 unspecified atom stereocenters. The average molecular weight is 258 g/mol. The van der Waals surface area contributed by atoms with Crippen LogP contribution < -0.4 is 15.2 Å². The van der Waals surface area contributed by atoms with E-state index in [4.69, 9.17) is 20.6 Å². The SMILES string of the molecule is COc1cc(C)ccc1Oc1nccnc1C(=N)N. The number of amidine groups is 1. The van der Waals surface area contributed by atoms with Gasteiger partial charge in [-0.1, -0.05) is 6.07 Å². The predicted octanol–water partition coefficient (Wildman–Crippen LogP) is 1.87. The van der Waals surface area contributed by atoms with Crippen LogP contribution in [0.1, 0.15) is 11.3 Å². The molecule has 0 saturated carbocycles. The third-order valence-corrected chi connectivity index (χ3v) is 2.45. The number of hydrogen-bond donors (Lipinski definition) is 2. The minimum Gasteiger partial charge on any atom is -0.493 e. The number of ether oxygens (including phenoxy) is 2. The number of aryl methyl sites for hydroxylation is 1. The number of nitrogen functional groups attached to an aromatic ring is 1. The third kappa shape index (κ3) is 2.79. The molecule has 0 atom stereocenters. The number of methoxy groups -OCH3 is 1. The Balaban J connectivity index is 2.39. The first kappa shape index (κ1) is 12.8. The molecule has 2 aromatic rings. The van der Waals surface area contributed by atoms with Gasteiger partial charge in [0, 0.05) is 12.4 Å². The summed E-state index contributed by atoms with van der Waals surface area (Å²) in [6.45, 7) is 1.95. The molecule has 0 fully saturated rings. The maximum Gasteiger partial charge on any atom is 0.249 e. The van der Waals surface area contributed by atoms with E-state index in [0.29, 0.717) is 11.5 Å². The van der Waals surface area contributed by atoms with Gasteiger partial charge in [-0.05, 0) is 24.6 Å². The molecule has 0 bridgehead atoms. The van der Waals surface area contributed by atoms with Crippen LogP contribution in [0, 0.1) is 12.3 Å². The van der Waals surface area contributed by atoms with Crippen molar-refractivity contribution in [1.29, 1.82) is 5.41 Å². The summed E-state index contributed by atoms with van der Waals surface area (Å²) in [6, 6.07) is 5.51. The lowest BCUT2D eigenvalue weighted by Gasteiger charge is -2.11. The topological polar surface area (TPSA) is 94.1 Å². The molecule has 19 heavy (non-hydrogen) atoms. The highest BCUT2D eigenvalue weighted by molar-refractivity contribution is 5.95. The van der Waals surface area contributed by atoms with Crippen molar-refractivity contribution in [3.63, 3.8) is 0 Å². The second kappa shape index (κ2) is 5.34. The molecule has 0 saturated heterocycles. The van der Waals surface area contributed by atoms with Gasteiger partial charge in [0.25, 0.3) is 0 Å². The highest BCUT2D eigenvalue weighted by atomic mass is 16.5. The molecule has 1 aromatic carbocycles. The van der Waals surface area contributed by atoms with Crippen molar-refractivity contribution in [2.75, 3.05) is 7.11 Å². The van der Waals surface area contributed by atoms with Crippen molar-refractivity contribution in [3.05, 3.63) is 41.9 Å². The molecule has 0 aliphatic rings. The Morgan fingerprint density at radius 1 is 1.21 bits per heavy atom. The Morgan fingerprint density at radius 2 is 1.95 bits per heavy atom. The molecule has 0 aliphatic heterocycles. The first-order valence-electron chi connectivity index (χ1n) is 5.59. The molecule has 0 spiro atoms. The molecule has 6 nitrogen and oxygen atoms in total. The number of rotatable bonds is 4. The number of nitrogens with zero attached hydrogens (tertiary/aromatic N) is 2. The number of nitrogens with two attached hydrogens (primary N) is 1. The van der Waals surface area contributed by atoms with E-state index in [0.717, 1.165) is 5.56 Å². The second-order valence-corrected chi connectivity index (χ2v) is 3.88. The summed E-state index contributed by atoms with van der Waals surface area (Å²) < 4.78 is 10.9. The number of nitrogens with one attached hydrogen (secondary N) is 1. The smallest absolute Gasteiger partial charge is 0.249 e. The van der Waals surface area contributed by atoms with E-state index in [-0.39, 0.29) is 17.4 Å². The van der Waals surface area contributed by atoms with Gasteiger partial charge < -0.3 is 15.2 Å².